The molecule has 4 aromatic rings. The second-order valence-corrected chi connectivity index (χ2v) is 7.67. The quantitative estimate of drug-likeness (QED) is 0.504. The first kappa shape index (κ1) is 19.2. The Morgan fingerprint density at radius 2 is 1.61 bits per heavy atom. The summed E-state index contributed by atoms with van der Waals surface area (Å²) in [6, 6.07) is 19.9. The van der Waals surface area contributed by atoms with E-state index >= 15 is 0 Å². The van der Waals surface area contributed by atoms with Crippen molar-refractivity contribution >= 4 is 5.69 Å². The maximum absolute atomic E-state index is 13.2. The van der Waals surface area contributed by atoms with Crippen LogP contribution in [-0.4, -0.2) is 32.7 Å². The van der Waals surface area contributed by atoms with Crippen LogP contribution in [0.3, 0.4) is 0 Å². The molecule has 7 heteroatoms. The molecule has 0 spiro atoms. The molecular formula is C24H22FN5O. The number of piperidine rings is 1. The predicted molar refractivity (Wildman–Crippen MR) is 118 cm³/mol. The second kappa shape index (κ2) is 8.18. The van der Waals surface area contributed by atoms with E-state index in [9.17, 15) is 9.18 Å². The van der Waals surface area contributed by atoms with Crippen LogP contribution < -0.4 is 10.3 Å². The monoisotopic (exact) mass is 415 g/mol. The fraction of sp³-hybridized carbons (Fsp3) is 0.208. The van der Waals surface area contributed by atoms with Gasteiger partial charge in [-0.25, -0.2) is 9.07 Å². The van der Waals surface area contributed by atoms with Gasteiger partial charge in [-0.3, -0.25) is 9.48 Å². The zero-order valence-electron chi connectivity index (χ0n) is 16.9. The fourth-order valence-corrected chi connectivity index (χ4v) is 4.10. The number of hydrogen-bond donors (Lipinski definition) is 0. The number of rotatable bonds is 4. The Hall–Kier alpha value is -3.74. The third-order valence-corrected chi connectivity index (χ3v) is 5.74. The number of nitrogens with zero attached hydrogens (tertiary/aromatic N) is 5. The minimum Gasteiger partial charge on any atom is -0.371 e. The lowest BCUT2D eigenvalue weighted by Gasteiger charge is -2.34. The van der Waals surface area contributed by atoms with Crippen molar-refractivity contribution in [1.29, 1.82) is 0 Å². The van der Waals surface area contributed by atoms with Crippen molar-refractivity contribution in [2.45, 2.75) is 18.9 Å². The van der Waals surface area contributed by atoms with Crippen LogP contribution in [-0.2, 0) is 0 Å². The van der Waals surface area contributed by atoms with E-state index in [2.05, 4.69) is 10.00 Å². The molecule has 5 rings (SSSR count). The highest BCUT2D eigenvalue weighted by atomic mass is 19.1. The van der Waals surface area contributed by atoms with Crippen LogP contribution in [0.15, 0.2) is 83.9 Å². The molecule has 0 N–H and O–H groups in total. The minimum atomic E-state index is -0.224. The lowest BCUT2D eigenvalue weighted by molar-refractivity contribution is 0.362. The van der Waals surface area contributed by atoms with Gasteiger partial charge in [0.2, 0.25) is 5.43 Å². The number of aromatic nitrogens is 4. The number of benzene rings is 2. The van der Waals surface area contributed by atoms with Crippen LogP contribution in [0.2, 0.25) is 0 Å². The van der Waals surface area contributed by atoms with Gasteiger partial charge in [-0.15, -0.1) is 0 Å². The average Bonchev–Trinajstić information content (AvgIpc) is 3.30. The Bertz CT molecular complexity index is 1220. The summed E-state index contributed by atoms with van der Waals surface area (Å²) in [6.45, 7) is 1.70. The molecule has 3 heterocycles. The highest BCUT2D eigenvalue weighted by molar-refractivity contribution is 5.56. The van der Waals surface area contributed by atoms with Crippen molar-refractivity contribution in [1.82, 2.24) is 19.6 Å². The van der Waals surface area contributed by atoms with Crippen LogP contribution in [0.4, 0.5) is 10.1 Å². The molecule has 0 bridgehead atoms. The summed E-state index contributed by atoms with van der Waals surface area (Å²) in [5, 5.41) is 9.10. The van der Waals surface area contributed by atoms with Gasteiger partial charge in [-0.05, 0) is 55.3 Å². The molecule has 2 aromatic carbocycles. The Kier molecular flexibility index (Phi) is 5.08. The SMILES string of the molecule is O=c1ccn(C2CCN(c3ccc(F)cc3)CC2)nc1-c1ccnn1-c1ccccc1. The molecule has 1 saturated heterocycles. The normalized spacial score (nSPS) is 14.7. The maximum Gasteiger partial charge on any atom is 0.209 e. The summed E-state index contributed by atoms with van der Waals surface area (Å²) in [6.07, 6.45) is 5.24. The van der Waals surface area contributed by atoms with Gasteiger partial charge in [0, 0.05) is 31.0 Å². The van der Waals surface area contributed by atoms with Crippen LogP contribution in [0, 0.1) is 5.82 Å². The highest BCUT2D eigenvalue weighted by Crippen LogP contribution is 2.26. The molecule has 0 unspecified atom stereocenters. The Morgan fingerprint density at radius 1 is 0.871 bits per heavy atom. The first-order chi connectivity index (χ1) is 15.2. The third kappa shape index (κ3) is 3.86. The fourth-order valence-electron chi connectivity index (χ4n) is 4.10. The first-order valence-corrected chi connectivity index (χ1v) is 10.4. The number of para-hydroxylation sites is 1. The Morgan fingerprint density at radius 3 is 2.35 bits per heavy atom. The van der Waals surface area contributed by atoms with E-state index in [4.69, 9.17) is 5.10 Å². The molecule has 156 valence electrons. The summed E-state index contributed by atoms with van der Waals surface area (Å²) >= 11 is 0. The van der Waals surface area contributed by atoms with Gasteiger partial charge in [-0.2, -0.15) is 10.2 Å². The number of halogens is 1. The molecule has 0 atom stereocenters. The Balaban J connectivity index is 1.39. The van der Waals surface area contributed by atoms with Gasteiger partial charge in [0.25, 0.3) is 0 Å². The van der Waals surface area contributed by atoms with E-state index in [0.29, 0.717) is 11.4 Å². The lowest BCUT2D eigenvalue weighted by Crippen LogP contribution is -2.35. The van der Waals surface area contributed by atoms with E-state index in [1.54, 1.807) is 23.1 Å². The zero-order valence-corrected chi connectivity index (χ0v) is 16.9. The van der Waals surface area contributed by atoms with E-state index < -0.39 is 0 Å². The molecule has 0 aliphatic carbocycles. The molecule has 1 fully saturated rings. The maximum atomic E-state index is 13.2. The van der Waals surface area contributed by atoms with Crippen molar-refractivity contribution in [2.75, 3.05) is 18.0 Å². The van der Waals surface area contributed by atoms with Crippen molar-refractivity contribution in [3.63, 3.8) is 0 Å². The van der Waals surface area contributed by atoms with E-state index in [1.807, 2.05) is 53.2 Å². The average molecular weight is 415 g/mol. The van der Waals surface area contributed by atoms with Crippen molar-refractivity contribution in [3.05, 3.63) is 95.2 Å². The molecule has 6 nitrogen and oxygen atoms in total. The van der Waals surface area contributed by atoms with Crippen LogP contribution in [0.1, 0.15) is 18.9 Å². The Labute approximate surface area is 179 Å². The van der Waals surface area contributed by atoms with E-state index in [0.717, 1.165) is 37.3 Å². The summed E-state index contributed by atoms with van der Waals surface area (Å²) < 4.78 is 16.8. The number of hydrogen-bond acceptors (Lipinski definition) is 4. The molecule has 0 amide bonds. The van der Waals surface area contributed by atoms with Gasteiger partial charge in [0.1, 0.15) is 5.82 Å². The van der Waals surface area contributed by atoms with Gasteiger partial charge in [-0.1, -0.05) is 18.2 Å². The van der Waals surface area contributed by atoms with E-state index in [1.165, 1.54) is 12.1 Å². The molecule has 0 saturated carbocycles. The van der Waals surface area contributed by atoms with Crippen molar-refractivity contribution < 1.29 is 4.39 Å². The largest absolute Gasteiger partial charge is 0.371 e. The van der Waals surface area contributed by atoms with Crippen LogP contribution in [0.5, 0.6) is 0 Å². The van der Waals surface area contributed by atoms with Gasteiger partial charge in [0.15, 0.2) is 5.69 Å². The summed E-state index contributed by atoms with van der Waals surface area (Å²) in [7, 11) is 0. The van der Waals surface area contributed by atoms with Crippen LogP contribution >= 0.6 is 0 Å². The molecule has 1 aliphatic heterocycles. The number of anilines is 1. The zero-order chi connectivity index (χ0) is 21.2. The molecule has 2 aromatic heterocycles. The first-order valence-electron chi connectivity index (χ1n) is 10.4. The topological polar surface area (TPSA) is 56.0 Å². The van der Waals surface area contributed by atoms with Gasteiger partial charge < -0.3 is 4.90 Å². The minimum absolute atomic E-state index is 0.127. The van der Waals surface area contributed by atoms with Crippen LogP contribution in [0.25, 0.3) is 17.1 Å². The lowest BCUT2D eigenvalue weighted by atomic mass is 10.0. The van der Waals surface area contributed by atoms with Gasteiger partial charge in [0.05, 0.1) is 23.6 Å². The standard InChI is InChI=1S/C24H22FN5O/c25-18-6-8-19(9-7-18)28-15-11-20(12-16-28)29-17-13-23(31)24(27-29)22-10-14-26-30(22)21-4-2-1-3-5-21/h1-10,13-14,17,20H,11-12,15-16H2. The summed E-state index contributed by atoms with van der Waals surface area (Å²) in [5.74, 6) is -0.224. The van der Waals surface area contributed by atoms with Gasteiger partial charge >= 0.3 is 0 Å². The van der Waals surface area contributed by atoms with Crippen molar-refractivity contribution in [2.24, 2.45) is 0 Å². The summed E-state index contributed by atoms with van der Waals surface area (Å²) in [5.41, 5.74) is 2.85. The molecule has 0 radical (unpaired) electrons. The summed E-state index contributed by atoms with van der Waals surface area (Å²) in [4.78, 5) is 14.9. The highest BCUT2D eigenvalue weighted by Gasteiger charge is 2.22. The third-order valence-electron chi connectivity index (χ3n) is 5.74. The predicted octanol–water partition coefficient (Wildman–Crippen LogP) is 4.08. The van der Waals surface area contributed by atoms with Crippen molar-refractivity contribution in [3.8, 4) is 17.1 Å². The van der Waals surface area contributed by atoms with E-state index in [-0.39, 0.29) is 17.3 Å². The molecule has 1 aliphatic rings. The molecular weight excluding hydrogens is 393 g/mol. The second-order valence-electron chi connectivity index (χ2n) is 7.67. The molecule has 31 heavy (non-hydrogen) atoms. The smallest absolute Gasteiger partial charge is 0.209 e.